The Labute approximate surface area is 186 Å². The number of nitrogens with zero attached hydrogens (tertiary/aromatic N) is 4. The number of fused-ring (bicyclic) bond motifs is 1. The van der Waals surface area contributed by atoms with Crippen molar-refractivity contribution in [2.24, 2.45) is 16.6 Å². The lowest BCUT2D eigenvalue weighted by Crippen LogP contribution is -2.64. The number of urea groups is 1. The van der Waals surface area contributed by atoms with Gasteiger partial charge in [0, 0.05) is 20.7 Å². The number of aliphatic hydroxyl groups is 1. The first-order chi connectivity index (χ1) is 14.2. The molecule has 2 atom stereocenters. The zero-order valence-corrected chi connectivity index (χ0v) is 18.6. The summed E-state index contributed by atoms with van der Waals surface area (Å²) in [5.41, 5.74) is 6.49. The molecule has 3 N–H and O–H groups in total. The minimum atomic E-state index is -0.611. The van der Waals surface area contributed by atoms with Crippen molar-refractivity contribution in [3.05, 3.63) is 33.8 Å². The molecular formula is C20H27Cl2N5O3. The Morgan fingerprint density at radius 2 is 1.80 bits per heavy atom. The number of imide groups is 1. The maximum atomic E-state index is 12.7. The van der Waals surface area contributed by atoms with Crippen molar-refractivity contribution in [1.82, 2.24) is 14.7 Å². The number of likely N-dealkylation sites (N-methyl/N-ethyl adjacent to an activating group) is 2. The van der Waals surface area contributed by atoms with Gasteiger partial charge in [0.25, 0.3) is 5.91 Å². The molecule has 2 unspecified atom stereocenters. The van der Waals surface area contributed by atoms with Gasteiger partial charge in [0.15, 0.2) is 18.2 Å². The zero-order valence-electron chi connectivity index (χ0n) is 17.1. The Hall–Kier alpha value is -2.03. The van der Waals surface area contributed by atoms with Crippen molar-refractivity contribution >= 4 is 41.1 Å². The molecular weight excluding hydrogens is 429 g/mol. The summed E-state index contributed by atoms with van der Waals surface area (Å²) >= 11 is 11.9. The second kappa shape index (κ2) is 9.41. The van der Waals surface area contributed by atoms with Crippen molar-refractivity contribution < 1.29 is 14.7 Å². The highest BCUT2D eigenvalue weighted by Crippen LogP contribution is 2.28. The number of hydrogen-bond acceptors (Lipinski definition) is 6. The van der Waals surface area contributed by atoms with Gasteiger partial charge >= 0.3 is 6.03 Å². The number of hydrogen-bond donors (Lipinski definition) is 2. The summed E-state index contributed by atoms with van der Waals surface area (Å²) in [7, 11) is 3.28. The first-order valence-electron chi connectivity index (χ1n) is 9.93. The molecule has 1 aromatic rings. The number of rotatable bonds is 3. The minimum Gasteiger partial charge on any atom is -0.396 e. The van der Waals surface area contributed by atoms with Crippen LogP contribution in [0.1, 0.15) is 31.2 Å². The third-order valence-corrected chi connectivity index (χ3v) is 6.57. The average molecular weight is 456 g/mol. The number of amides is 3. The van der Waals surface area contributed by atoms with Crippen LogP contribution in [0.2, 0.25) is 10.0 Å². The van der Waals surface area contributed by atoms with E-state index in [0.29, 0.717) is 28.1 Å². The lowest BCUT2D eigenvalue weighted by atomic mass is 10.1. The number of nitrogens with two attached hydrogens (primary N) is 1. The fourth-order valence-electron chi connectivity index (χ4n) is 3.95. The molecule has 8 nitrogen and oxygen atoms in total. The molecule has 0 aromatic heterocycles. The van der Waals surface area contributed by atoms with E-state index in [-0.39, 0.29) is 18.4 Å². The largest absolute Gasteiger partial charge is 0.396 e. The molecule has 1 saturated heterocycles. The van der Waals surface area contributed by atoms with Gasteiger partial charge in [0.05, 0.1) is 16.6 Å². The van der Waals surface area contributed by atoms with E-state index in [2.05, 4.69) is 4.99 Å². The van der Waals surface area contributed by atoms with Crippen molar-refractivity contribution in [1.29, 1.82) is 0 Å². The first kappa shape index (κ1) is 22.7. The Morgan fingerprint density at radius 3 is 2.37 bits per heavy atom. The van der Waals surface area contributed by atoms with Crippen LogP contribution in [0.25, 0.3) is 0 Å². The van der Waals surface area contributed by atoms with Gasteiger partial charge in [-0.1, -0.05) is 42.1 Å². The Balaban J connectivity index is 0.000000310. The Morgan fingerprint density at radius 1 is 1.13 bits per heavy atom. The standard InChI is InChI=1S/C14H15Cl2N5O2.C6H12O/c1-19-10-11(18-13(19)17)20(2)14(23)21(12(10)22)6-7-3-4-8(15)9(16)5-7;7-5-6-3-1-2-4-6/h3-5,10-11H,6H2,1-2H3,(H2,17,18);6-7H,1-5H2. The van der Waals surface area contributed by atoms with Crippen LogP contribution >= 0.6 is 23.2 Å². The van der Waals surface area contributed by atoms with E-state index in [4.69, 9.17) is 34.0 Å². The summed E-state index contributed by atoms with van der Waals surface area (Å²) in [4.78, 5) is 33.6. The maximum absolute atomic E-state index is 12.7. The van der Waals surface area contributed by atoms with Crippen molar-refractivity contribution in [2.75, 3.05) is 20.7 Å². The molecule has 1 aliphatic carbocycles. The van der Waals surface area contributed by atoms with Gasteiger partial charge < -0.3 is 20.6 Å². The van der Waals surface area contributed by atoms with E-state index in [1.807, 2.05) is 0 Å². The molecule has 2 aliphatic heterocycles. The number of aliphatic imine (C=N–C) groups is 1. The van der Waals surface area contributed by atoms with Crippen molar-refractivity contribution in [2.45, 2.75) is 44.4 Å². The zero-order chi connectivity index (χ0) is 22.0. The molecule has 1 aromatic carbocycles. The van der Waals surface area contributed by atoms with E-state index >= 15 is 0 Å². The van der Waals surface area contributed by atoms with Crippen LogP contribution in [0, 0.1) is 5.92 Å². The maximum Gasteiger partial charge on any atom is 0.328 e. The number of guanidine groups is 1. The SMILES string of the molecule is CN1C(=O)N(Cc2ccc(Cl)c(Cl)c2)C(=O)C2C1N=C(N)N2C.OCC1CCCC1. The molecule has 0 radical (unpaired) electrons. The number of halogens is 2. The third-order valence-electron chi connectivity index (χ3n) is 5.83. The monoisotopic (exact) mass is 455 g/mol. The third kappa shape index (κ3) is 4.50. The quantitative estimate of drug-likeness (QED) is 0.728. The second-order valence-corrected chi connectivity index (χ2v) is 8.67. The summed E-state index contributed by atoms with van der Waals surface area (Å²) in [6, 6.07) is 3.96. The molecule has 1 saturated carbocycles. The molecule has 2 heterocycles. The van der Waals surface area contributed by atoms with E-state index < -0.39 is 18.2 Å². The van der Waals surface area contributed by atoms with E-state index in [0.717, 1.165) is 0 Å². The van der Waals surface area contributed by atoms with Gasteiger partial charge in [0.2, 0.25) is 0 Å². The lowest BCUT2D eigenvalue weighted by molar-refractivity contribution is -0.137. The van der Waals surface area contributed by atoms with Crippen LogP contribution in [-0.2, 0) is 11.3 Å². The van der Waals surface area contributed by atoms with Gasteiger partial charge in [-0.05, 0) is 36.5 Å². The average Bonchev–Trinajstić information content (AvgIpc) is 3.35. The Bertz CT molecular complexity index is 844. The van der Waals surface area contributed by atoms with Crippen LogP contribution in [0.4, 0.5) is 4.79 Å². The van der Waals surface area contributed by atoms with E-state index in [1.54, 1.807) is 37.2 Å². The minimum absolute atomic E-state index is 0.107. The number of aliphatic hydroxyl groups excluding tert-OH is 1. The van der Waals surface area contributed by atoms with E-state index in [1.165, 1.54) is 35.5 Å². The number of carbonyl (C=O) groups is 2. The molecule has 0 spiro atoms. The summed E-state index contributed by atoms with van der Waals surface area (Å²) < 4.78 is 0. The fourth-order valence-corrected chi connectivity index (χ4v) is 4.27. The van der Waals surface area contributed by atoms with Crippen LogP contribution in [0.3, 0.4) is 0 Å². The molecule has 3 amide bonds. The predicted octanol–water partition coefficient (Wildman–Crippen LogP) is 2.51. The Kier molecular flexibility index (Phi) is 7.10. The van der Waals surface area contributed by atoms with E-state index in [9.17, 15) is 9.59 Å². The van der Waals surface area contributed by atoms with Crippen LogP contribution < -0.4 is 5.73 Å². The van der Waals surface area contributed by atoms with Gasteiger partial charge in [-0.15, -0.1) is 0 Å². The van der Waals surface area contributed by atoms with Gasteiger partial charge in [-0.2, -0.15) is 0 Å². The highest BCUT2D eigenvalue weighted by molar-refractivity contribution is 6.42. The molecule has 164 valence electrons. The summed E-state index contributed by atoms with van der Waals surface area (Å²) in [5, 5.41) is 9.36. The van der Waals surface area contributed by atoms with Gasteiger partial charge in [-0.3, -0.25) is 9.69 Å². The molecule has 4 rings (SSSR count). The smallest absolute Gasteiger partial charge is 0.328 e. The summed E-state index contributed by atoms with van der Waals surface area (Å²) in [5.74, 6) is 0.556. The topological polar surface area (TPSA) is 102 Å². The molecule has 10 heteroatoms. The summed E-state index contributed by atoms with van der Waals surface area (Å²) in [6.07, 6.45) is 4.61. The molecule has 2 fully saturated rings. The first-order valence-corrected chi connectivity index (χ1v) is 10.7. The highest BCUT2D eigenvalue weighted by atomic mass is 35.5. The normalized spacial score (nSPS) is 24.0. The second-order valence-electron chi connectivity index (χ2n) is 7.86. The lowest BCUT2D eigenvalue weighted by Gasteiger charge is -2.40. The fraction of sp³-hybridized carbons (Fsp3) is 0.550. The van der Waals surface area contributed by atoms with Crippen LogP contribution in [0.5, 0.6) is 0 Å². The van der Waals surface area contributed by atoms with Crippen molar-refractivity contribution in [3.8, 4) is 0 Å². The van der Waals surface area contributed by atoms with Gasteiger partial charge in [0.1, 0.15) is 0 Å². The number of carbonyl (C=O) groups excluding carboxylic acids is 2. The molecule has 3 aliphatic rings. The molecule has 30 heavy (non-hydrogen) atoms. The highest BCUT2D eigenvalue weighted by Gasteiger charge is 2.50. The van der Waals surface area contributed by atoms with Crippen molar-refractivity contribution in [3.63, 3.8) is 0 Å². The summed E-state index contributed by atoms with van der Waals surface area (Å²) in [6.45, 7) is 0.524. The van der Waals surface area contributed by atoms with Gasteiger partial charge in [-0.25, -0.2) is 9.79 Å². The van der Waals surface area contributed by atoms with Crippen LogP contribution in [0.15, 0.2) is 23.2 Å². The molecule has 0 bridgehead atoms. The number of benzene rings is 1. The van der Waals surface area contributed by atoms with Crippen LogP contribution in [-0.4, -0.2) is 70.6 Å². The predicted molar refractivity (Wildman–Crippen MR) is 116 cm³/mol.